The highest BCUT2D eigenvalue weighted by Gasteiger charge is 2.32. The predicted octanol–water partition coefficient (Wildman–Crippen LogP) is 1.82. The SMILES string of the molecule is COc1nccnc1O[C@H]1CCN(C(=O)[C@H]2CC=CCC2)C1. The highest BCUT2D eigenvalue weighted by atomic mass is 16.5. The average Bonchev–Trinajstić information content (AvgIpc) is 3.04. The van der Waals surface area contributed by atoms with Gasteiger partial charge in [0.15, 0.2) is 0 Å². The molecule has 6 nitrogen and oxygen atoms in total. The molecule has 2 heterocycles. The van der Waals surface area contributed by atoms with Gasteiger partial charge in [-0.1, -0.05) is 12.2 Å². The first-order valence-corrected chi connectivity index (χ1v) is 7.73. The molecule has 0 unspecified atom stereocenters. The number of allylic oxidation sites excluding steroid dienone is 2. The van der Waals surface area contributed by atoms with Crippen molar-refractivity contribution in [2.75, 3.05) is 20.2 Å². The maximum absolute atomic E-state index is 12.5. The van der Waals surface area contributed by atoms with Crippen LogP contribution >= 0.6 is 0 Å². The summed E-state index contributed by atoms with van der Waals surface area (Å²) in [7, 11) is 1.54. The van der Waals surface area contributed by atoms with Crippen LogP contribution < -0.4 is 9.47 Å². The molecule has 0 saturated carbocycles. The summed E-state index contributed by atoms with van der Waals surface area (Å²) in [5, 5.41) is 0. The Morgan fingerprint density at radius 1 is 1.23 bits per heavy atom. The first-order valence-electron chi connectivity index (χ1n) is 7.73. The highest BCUT2D eigenvalue weighted by Crippen LogP contribution is 2.26. The number of rotatable bonds is 4. The first-order chi connectivity index (χ1) is 10.8. The molecule has 1 aromatic rings. The van der Waals surface area contributed by atoms with E-state index in [9.17, 15) is 4.79 Å². The number of nitrogens with zero attached hydrogens (tertiary/aromatic N) is 3. The Kier molecular flexibility index (Phi) is 4.56. The minimum atomic E-state index is -0.0475. The summed E-state index contributed by atoms with van der Waals surface area (Å²) < 4.78 is 11.0. The van der Waals surface area contributed by atoms with Gasteiger partial charge < -0.3 is 14.4 Å². The van der Waals surface area contributed by atoms with Crippen molar-refractivity contribution in [3.05, 3.63) is 24.5 Å². The summed E-state index contributed by atoms with van der Waals surface area (Å²) >= 11 is 0. The van der Waals surface area contributed by atoms with Crippen LogP contribution in [0.15, 0.2) is 24.5 Å². The molecule has 1 fully saturated rings. The fourth-order valence-corrected chi connectivity index (χ4v) is 2.99. The number of carbonyl (C=O) groups is 1. The van der Waals surface area contributed by atoms with Gasteiger partial charge in [0.2, 0.25) is 5.91 Å². The quantitative estimate of drug-likeness (QED) is 0.794. The molecular weight excluding hydrogens is 282 g/mol. The zero-order valence-corrected chi connectivity index (χ0v) is 12.8. The number of likely N-dealkylation sites (tertiary alicyclic amines) is 1. The lowest BCUT2D eigenvalue weighted by molar-refractivity contribution is -0.135. The van der Waals surface area contributed by atoms with Crippen LogP contribution in [0.3, 0.4) is 0 Å². The van der Waals surface area contributed by atoms with Gasteiger partial charge in [0.25, 0.3) is 11.8 Å². The van der Waals surface area contributed by atoms with Crippen LogP contribution in [0.2, 0.25) is 0 Å². The zero-order valence-electron chi connectivity index (χ0n) is 12.8. The molecule has 3 rings (SSSR count). The maximum atomic E-state index is 12.5. The van der Waals surface area contributed by atoms with Gasteiger partial charge in [-0.05, 0) is 19.3 Å². The fraction of sp³-hybridized carbons (Fsp3) is 0.562. The number of methoxy groups -OCH3 is 1. The zero-order chi connectivity index (χ0) is 15.4. The maximum Gasteiger partial charge on any atom is 0.278 e. The average molecular weight is 303 g/mol. The lowest BCUT2D eigenvalue weighted by atomic mass is 9.93. The molecule has 0 aromatic carbocycles. The van der Waals surface area contributed by atoms with Crippen molar-refractivity contribution in [3.63, 3.8) is 0 Å². The van der Waals surface area contributed by atoms with Gasteiger partial charge in [-0.25, -0.2) is 9.97 Å². The van der Waals surface area contributed by atoms with Crippen molar-refractivity contribution in [3.8, 4) is 11.8 Å². The van der Waals surface area contributed by atoms with E-state index in [-0.39, 0.29) is 17.9 Å². The van der Waals surface area contributed by atoms with Crippen LogP contribution in [0.25, 0.3) is 0 Å². The van der Waals surface area contributed by atoms with E-state index in [2.05, 4.69) is 22.1 Å². The van der Waals surface area contributed by atoms with E-state index in [4.69, 9.17) is 9.47 Å². The van der Waals surface area contributed by atoms with E-state index in [0.29, 0.717) is 18.3 Å². The Morgan fingerprint density at radius 2 is 2.05 bits per heavy atom. The molecule has 118 valence electrons. The third-order valence-electron chi connectivity index (χ3n) is 4.18. The molecule has 0 radical (unpaired) electrons. The molecule has 1 amide bonds. The highest BCUT2D eigenvalue weighted by molar-refractivity contribution is 5.79. The Labute approximate surface area is 130 Å². The fourth-order valence-electron chi connectivity index (χ4n) is 2.99. The van der Waals surface area contributed by atoms with Crippen molar-refractivity contribution in [2.45, 2.75) is 31.8 Å². The molecule has 0 spiro atoms. The Morgan fingerprint density at radius 3 is 2.77 bits per heavy atom. The molecule has 1 aliphatic carbocycles. The minimum absolute atomic E-state index is 0.0475. The third-order valence-corrected chi connectivity index (χ3v) is 4.18. The normalized spacial score (nSPS) is 24.3. The van der Waals surface area contributed by atoms with Crippen LogP contribution in [0.1, 0.15) is 25.7 Å². The second-order valence-electron chi connectivity index (χ2n) is 5.66. The Bertz CT molecular complexity index is 561. The number of hydrogen-bond acceptors (Lipinski definition) is 5. The van der Waals surface area contributed by atoms with E-state index < -0.39 is 0 Å². The van der Waals surface area contributed by atoms with Gasteiger partial charge >= 0.3 is 0 Å². The molecule has 0 bridgehead atoms. The molecule has 1 saturated heterocycles. The Balaban J connectivity index is 1.58. The third kappa shape index (κ3) is 3.21. The van der Waals surface area contributed by atoms with Crippen molar-refractivity contribution < 1.29 is 14.3 Å². The standard InChI is InChI=1S/C16H21N3O3/c1-21-14-15(18-9-8-17-14)22-13-7-10-19(11-13)16(20)12-5-3-2-4-6-12/h2-3,8-9,12-13H,4-7,10-11H2,1H3/t12-,13-/m0/s1. The van der Waals surface area contributed by atoms with Gasteiger partial charge in [0.1, 0.15) is 6.10 Å². The van der Waals surface area contributed by atoms with Crippen LogP contribution in [-0.4, -0.2) is 47.1 Å². The van der Waals surface area contributed by atoms with E-state index in [0.717, 1.165) is 32.2 Å². The summed E-state index contributed by atoms with van der Waals surface area (Å²) in [6.07, 6.45) is 11.0. The van der Waals surface area contributed by atoms with E-state index in [1.807, 2.05) is 4.90 Å². The van der Waals surface area contributed by atoms with Gasteiger partial charge in [-0.15, -0.1) is 0 Å². The molecule has 1 aromatic heterocycles. The van der Waals surface area contributed by atoms with Crippen molar-refractivity contribution in [1.29, 1.82) is 0 Å². The lowest BCUT2D eigenvalue weighted by Crippen LogP contribution is -2.36. The second-order valence-corrected chi connectivity index (χ2v) is 5.66. The molecule has 2 atom stereocenters. The molecule has 22 heavy (non-hydrogen) atoms. The summed E-state index contributed by atoms with van der Waals surface area (Å²) in [4.78, 5) is 22.6. The van der Waals surface area contributed by atoms with Crippen LogP contribution in [-0.2, 0) is 4.79 Å². The van der Waals surface area contributed by atoms with Crippen LogP contribution in [0, 0.1) is 5.92 Å². The van der Waals surface area contributed by atoms with Gasteiger partial charge in [-0.2, -0.15) is 0 Å². The number of amides is 1. The van der Waals surface area contributed by atoms with Gasteiger partial charge in [0.05, 0.1) is 13.7 Å². The van der Waals surface area contributed by atoms with Crippen molar-refractivity contribution in [2.24, 2.45) is 5.92 Å². The summed E-state index contributed by atoms with van der Waals surface area (Å²) in [5.74, 6) is 1.16. The van der Waals surface area contributed by atoms with Crippen molar-refractivity contribution >= 4 is 5.91 Å². The largest absolute Gasteiger partial charge is 0.477 e. The summed E-state index contributed by atoms with van der Waals surface area (Å²) in [6, 6.07) is 0. The van der Waals surface area contributed by atoms with Crippen molar-refractivity contribution in [1.82, 2.24) is 14.9 Å². The minimum Gasteiger partial charge on any atom is -0.477 e. The molecule has 0 N–H and O–H groups in total. The van der Waals surface area contributed by atoms with Crippen LogP contribution in [0.4, 0.5) is 0 Å². The van der Waals surface area contributed by atoms with Crippen LogP contribution in [0.5, 0.6) is 11.8 Å². The summed E-state index contributed by atoms with van der Waals surface area (Å²) in [5.41, 5.74) is 0. The molecule has 6 heteroatoms. The van der Waals surface area contributed by atoms with Gasteiger partial charge in [-0.3, -0.25) is 4.79 Å². The summed E-state index contributed by atoms with van der Waals surface area (Å²) in [6.45, 7) is 1.35. The first kappa shape index (κ1) is 14.8. The lowest BCUT2D eigenvalue weighted by Gasteiger charge is -2.24. The molecular formula is C16H21N3O3. The van der Waals surface area contributed by atoms with Gasteiger partial charge in [0, 0.05) is 31.3 Å². The second kappa shape index (κ2) is 6.77. The van der Waals surface area contributed by atoms with E-state index >= 15 is 0 Å². The topological polar surface area (TPSA) is 64.6 Å². The van der Waals surface area contributed by atoms with E-state index in [1.54, 1.807) is 12.4 Å². The monoisotopic (exact) mass is 303 g/mol. The molecule has 2 aliphatic rings. The molecule has 1 aliphatic heterocycles. The number of ether oxygens (including phenoxy) is 2. The predicted molar refractivity (Wildman–Crippen MR) is 80.7 cm³/mol. The number of aromatic nitrogens is 2. The number of carbonyl (C=O) groups excluding carboxylic acids is 1. The van der Waals surface area contributed by atoms with E-state index in [1.165, 1.54) is 7.11 Å². The Hall–Kier alpha value is -2.11. The smallest absolute Gasteiger partial charge is 0.278 e. The number of hydrogen-bond donors (Lipinski definition) is 0.